The first-order valence-corrected chi connectivity index (χ1v) is 8.49. The summed E-state index contributed by atoms with van der Waals surface area (Å²) in [7, 11) is 0. The molecule has 2 fully saturated rings. The number of nitrogens with zero attached hydrogens (tertiary/aromatic N) is 2. The molecule has 1 amide bonds. The second-order valence-electron chi connectivity index (χ2n) is 6.30. The van der Waals surface area contributed by atoms with Crippen molar-refractivity contribution in [3.05, 3.63) is 35.9 Å². The number of amides is 1. The number of rotatable bonds is 3. The molecule has 0 aromatic heterocycles. The van der Waals surface area contributed by atoms with Gasteiger partial charge in [-0.3, -0.25) is 9.69 Å². The van der Waals surface area contributed by atoms with Gasteiger partial charge in [0.1, 0.15) is 0 Å². The number of carbonyl (C=O) groups excluding carboxylic acids is 1. The predicted octanol–water partition coefficient (Wildman–Crippen LogP) is 2.46. The Morgan fingerprint density at radius 2 is 1.77 bits per heavy atom. The molecule has 4 heteroatoms. The third-order valence-electron chi connectivity index (χ3n) is 4.64. The number of hydrogen-bond donors (Lipinski definition) is 0. The molecule has 2 aliphatic heterocycles. The molecule has 0 spiro atoms. The number of likely N-dealkylation sites (tertiary alicyclic amines) is 1. The van der Waals surface area contributed by atoms with E-state index in [1.54, 1.807) is 0 Å². The van der Waals surface area contributed by atoms with Crippen molar-refractivity contribution in [3.8, 4) is 0 Å². The zero-order chi connectivity index (χ0) is 15.2. The molecule has 22 heavy (non-hydrogen) atoms. The van der Waals surface area contributed by atoms with Gasteiger partial charge in [-0.05, 0) is 18.4 Å². The maximum Gasteiger partial charge on any atom is 0.236 e. The van der Waals surface area contributed by atoms with Gasteiger partial charge in [0.2, 0.25) is 5.91 Å². The summed E-state index contributed by atoms with van der Waals surface area (Å²) < 4.78 is 5.87. The average molecular weight is 302 g/mol. The molecule has 0 bridgehead atoms. The van der Waals surface area contributed by atoms with Crippen LogP contribution in [0.25, 0.3) is 0 Å². The van der Waals surface area contributed by atoms with Gasteiger partial charge in [-0.2, -0.15) is 0 Å². The van der Waals surface area contributed by atoms with Crippen molar-refractivity contribution in [2.75, 3.05) is 39.3 Å². The number of benzene rings is 1. The van der Waals surface area contributed by atoms with Crippen LogP contribution in [0.2, 0.25) is 0 Å². The van der Waals surface area contributed by atoms with Crippen molar-refractivity contribution in [2.24, 2.45) is 0 Å². The summed E-state index contributed by atoms with van der Waals surface area (Å²) >= 11 is 0. The normalized spacial score (nSPS) is 24.0. The first-order valence-electron chi connectivity index (χ1n) is 8.49. The second kappa shape index (κ2) is 7.75. The van der Waals surface area contributed by atoms with Crippen LogP contribution in [0.3, 0.4) is 0 Å². The largest absolute Gasteiger partial charge is 0.371 e. The minimum atomic E-state index is 0.0897. The van der Waals surface area contributed by atoms with E-state index in [0.717, 1.165) is 39.0 Å². The van der Waals surface area contributed by atoms with Gasteiger partial charge in [0.15, 0.2) is 0 Å². The Morgan fingerprint density at radius 1 is 1.05 bits per heavy atom. The van der Waals surface area contributed by atoms with E-state index in [1.165, 1.54) is 18.4 Å². The molecular weight excluding hydrogens is 276 g/mol. The second-order valence-corrected chi connectivity index (χ2v) is 6.30. The molecule has 0 N–H and O–H groups in total. The molecule has 1 unspecified atom stereocenters. The van der Waals surface area contributed by atoms with Gasteiger partial charge in [-0.25, -0.2) is 0 Å². The van der Waals surface area contributed by atoms with Crippen LogP contribution in [0.1, 0.15) is 37.4 Å². The van der Waals surface area contributed by atoms with Crippen LogP contribution < -0.4 is 0 Å². The molecule has 0 radical (unpaired) electrons. The maximum absolute atomic E-state index is 12.5. The fourth-order valence-corrected chi connectivity index (χ4v) is 3.33. The van der Waals surface area contributed by atoms with Gasteiger partial charge in [0.25, 0.3) is 0 Å². The molecule has 1 atom stereocenters. The molecule has 1 aromatic rings. The van der Waals surface area contributed by atoms with Crippen molar-refractivity contribution in [3.63, 3.8) is 0 Å². The van der Waals surface area contributed by atoms with E-state index in [9.17, 15) is 4.79 Å². The summed E-state index contributed by atoms with van der Waals surface area (Å²) in [6, 6.07) is 10.3. The van der Waals surface area contributed by atoms with Crippen LogP contribution in [0, 0.1) is 0 Å². The highest BCUT2D eigenvalue weighted by atomic mass is 16.5. The molecule has 0 saturated carbocycles. The highest BCUT2D eigenvalue weighted by Gasteiger charge is 2.25. The predicted molar refractivity (Wildman–Crippen MR) is 86.6 cm³/mol. The van der Waals surface area contributed by atoms with Crippen molar-refractivity contribution in [1.29, 1.82) is 0 Å². The summed E-state index contributed by atoms with van der Waals surface area (Å²) in [5, 5.41) is 0. The Kier molecular flexibility index (Phi) is 5.46. The molecule has 2 aliphatic rings. The summed E-state index contributed by atoms with van der Waals surface area (Å²) in [5.41, 5.74) is 1.20. The van der Waals surface area contributed by atoms with Gasteiger partial charge in [-0.15, -0.1) is 0 Å². The van der Waals surface area contributed by atoms with Crippen molar-refractivity contribution in [1.82, 2.24) is 9.80 Å². The Balaban J connectivity index is 1.54. The molecule has 0 aliphatic carbocycles. The molecular formula is C18H26N2O2. The van der Waals surface area contributed by atoms with Crippen LogP contribution in [0.4, 0.5) is 0 Å². The van der Waals surface area contributed by atoms with E-state index in [-0.39, 0.29) is 12.0 Å². The SMILES string of the molecule is O=C(CN1CCOC(c2ccccc2)C1)N1CCCCCC1. The number of morpholine rings is 1. The van der Waals surface area contributed by atoms with E-state index < -0.39 is 0 Å². The van der Waals surface area contributed by atoms with E-state index in [2.05, 4.69) is 21.9 Å². The summed E-state index contributed by atoms with van der Waals surface area (Å²) in [6.07, 6.45) is 4.92. The van der Waals surface area contributed by atoms with E-state index in [1.807, 2.05) is 18.2 Å². The van der Waals surface area contributed by atoms with Crippen LogP contribution in [0.5, 0.6) is 0 Å². The minimum absolute atomic E-state index is 0.0897. The van der Waals surface area contributed by atoms with Gasteiger partial charge in [-0.1, -0.05) is 43.2 Å². The lowest BCUT2D eigenvalue weighted by molar-refractivity contribution is -0.134. The van der Waals surface area contributed by atoms with Gasteiger partial charge >= 0.3 is 0 Å². The topological polar surface area (TPSA) is 32.8 Å². The van der Waals surface area contributed by atoms with Crippen molar-refractivity contribution in [2.45, 2.75) is 31.8 Å². The molecule has 2 heterocycles. The first kappa shape index (κ1) is 15.5. The van der Waals surface area contributed by atoms with Crippen molar-refractivity contribution < 1.29 is 9.53 Å². The summed E-state index contributed by atoms with van der Waals surface area (Å²) in [4.78, 5) is 16.8. The summed E-state index contributed by atoms with van der Waals surface area (Å²) in [6.45, 7) is 4.77. The Bertz CT molecular complexity index is 469. The summed E-state index contributed by atoms with van der Waals surface area (Å²) in [5.74, 6) is 0.288. The Morgan fingerprint density at radius 3 is 2.50 bits per heavy atom. The standard InChI is InChI=1S/C18H26N2O2/c21-18(20-10-6-1-2-7-11-20)15-19-12-13-22-17(14-19)16-8-4-3-5-9-16/h3-5,8-9,17H,1-2,6-7,10-15H2. The van der Waals surface area contributed by atoms with E-state index >= 15 is 0 Å². The van der Waals surface area contributed by atoms with Crippen molar-refractivity contribution >= 4 is 5.91 Å². The maximum atomic E-state index is 12.5. The van der Waals surface area contributed by atoms with Gasteiger partial charge in [0.05, 0.1) is 19.3 Å². The zero-order valence-corrected chi connectivity index (χ0v) is 13.2. The Hall–Kier alpha value is -1.39. The van der Waals surface area contributed by atoms with Crippen LogP contribution >= 0.6 is 0 Å². The van der Waals surface area contributed by atoms with Crippen LogP contribution in [-0.2, 0) is 9.53 Å². The van der Waals surface area contributed by atoms with E-state index in [4.69, 9.17) is 4.74 Å². The lowest BCUT2D eigenvalue weighted by Crippen LogP contribution is -2.45. The number of ether oxygens (including phenoxy) is 1. The fraction of sp³-hybridized carbons (Fsp3) is 0.611. The molecule has 120 valence electrons. The fourth-order valence-electron chi connectivity index (χ4n) is 3.33. The highest BCUT2D eigenvalue weighted by molar-refractivity contribution is 5.78. The minimum Gasteiger partial charge on any atom is -0.371 e. The molecule has 2 saturated heterocycles. The molecule has 1 aromatic carbocycles. The number of hydrogen-bond acceptors (Lipinski definition) is 3. The average Bonchev–Trinajstić information content (AvgIpc) is 2.85. The molecule has 3 rings (SSSR count). The van der Waals surface area contributed by atoms with Crippen LogP contribution in [-0.4, -0.2) is 55.0 Å². The quantitative estimate of drug-likeness (QED) is 0.860. The monoisotopic (exact) mass is 302 g/mol. The van der Waals surface area contributed by atoms with E-state index in [0.29, 0.717) is 13.2 Å². The smallest absolute Gasteiger partial charge is 0.236 e. The lowest BCUT2D eigenvalue weighted by atomic mass is 10.1. The lowest BCUT2D eigenvalue weighted by Gasteiger charge is -2.34. The Labute approximate surface area is 133 Å². The zero-order valence-electron chi connectivity index (χ0n) is 13.2. The first-order chi connectivity index (χ1) is 10.8. The van der Waals surface area contributed by atoms with Crippen LogP contribution in [0.15, 0.2) is 30.3 Å². The highest BCUT2D eigenvalue weighted by Crippen LogP contribution is 2.22. The third kappa shape index (κ3) is 4.08. The third-order valence-corrected chi connectivity index (χ3v) is 4.64. The van der Waals surface area contributed by atoms with Gasteiger partial charge < -0.3 is 9.64 Å². The molecule has 4 nitrogen and oxygen atoms in total. The number of carbonyl (C=O) groups is 1. The van der Waals surface area contributed by atoms with Gasteiger partial charge in [0, 0.05) is 26.2 Å².